The monoisotopic (exact) mass is 738 g/mol. The predicted octanol–water partition coefficient (Wildman–Crippen LogP) is 14.0. The first-order chi connectivity index (χ1) is 28.8. The molecular weight excluding hydrogens is 705 g/mol. The maximum Gasteiger partial charge on any atom is 0.160 e. The zero-order valence-electron chi connectivity index (χ0n) is 31.4. The first-order valence-corrected chi connectivity index (χ1v) is 19.7. The molecule has 0 aliphatic carbocycles. The number of nitrogens with zero attached hydrogens (tertiary/aromatic N) is 4. The van der Waals surface area contributed by atoms with Gasteiger partial charge in [-0.2, -0.15) is 0 Å². The number of hydrogen-bond acceptors (Lipinski definition) is 2. The van der Waals surface area contributed by atoms with Crippen molar-refractivity contribution in [1.82, 2.24) is 19.1 Å². The zero-order chi connectivity index (χ0) is 38.2. The quantitative estimate of drug-likeness (QED) is 0.165. The molecule has 270 valence electrons. The summed E-state index contributed by atoms with van der Waals surface area (Å²) in [7, 11) is 0. The van der Waals surface area contributed by atoms with Crippen LogP contribution in [0.3, 0.4) is 0 Å². The summed E-state index contributed by atoms with van der Waals surface area (Å²) < 4.78 is 4.70. The van der Waals surface area contributed by atoms with Crippen LogP contribution in [-0.2, 0) is 0 Å². The lowest BCUT2D eigenvalue weighted by Crippen LogP contribution is -1.99. The summed E-state index contributed by atoms with van der Waals surface area (Å²) >= 11 is 0. The standard InChI is InChI=1S/C54H34N4/c1-3-15-41-37(13-1)33-38-14-2-4-16-42(38)53(41)48-34-47(35-25-29-39(30-26-35)57-49-21-9-5-17-43(49)44-18-6-10-22-50(44)57)55-54(56-48)36-27-31-40(32-28-36)58-51-23-11-7-19-45(51)46-20-8-12-24-52(46)58/h1-34H. The van der Waals surface area contributed by atoms with E-state index in [9.17, 15) is 0 Å². The second-order valence-corrected chi connectivity index (χ2v) is 15.0. The van der Waals surface area contributed by atoms with Gasteiger partial charge in [-0.05, 0) is 94.3 Å². The van der Waals surface area contributed by atoms with Crippen molar-refractivity contribution < 1.29 is 0 Å². The topological polar surface area (TPSA) is 35.6 Å². The van der Waals surface area contributed by atoms with Crippen LogP contribution < -0.4 is 0 Å². The number of para-hydroxylation sites is 4. The molecule has 0 saturated heterocycles. The third-order valence-corrected chi connectivity index (χ3v) is 11.7. The van der Waals surface area contributed by atoms with E-state index in [4.69, 9.17) is 9.97 Å². The van der Waals surface area contributed by atoms with Gasteiger partial charge in [0, 0.05) is 49.6 Å². The molecule has 3 aromatic heterocycles. The van der Waals surface area contributed by atoms with E-state index in [-0.39, 0.29) is 0 Å². The minimum absolute atomic E-state index is 0.685. The lowest BCUT2D eigenvalue weighted by Gasteiger charge is -2.15. The molecule has 0 amide bonds. The zero-order valence-corrected chi connectivity index (χ0v) is 31.4. The minimum atomic E-state index is 0.685. The Hall–Kier alpha value is -7.82. The second kappa shape index (κ2) is 12.9. The molecule has 0 N–H and O–H groups in total. The summed E-state index contributed by atoms with van der Waals surface area (Å²) in [5, 5.41) is 9.69. The summed E-state index contributed by atoms with van der Waals surface area (Å²) in [5.74, 6) is 0.685. The summed E-state index contributed by atoms with van der Waals surface area (Å²) in [5.41, 5.74) is 11.8. The summed E-state index contributed by atoms with van der Waals surface area (Å²) in [4.78, 5) is 10.7. The molecular formula is C54H34N4. The van der Waals surface area contributed by atoms with Gasteiger partial charge in [0.05, 0.1) is 33.5 Å². The summed E-state index contributed by atoms with van der Waals surface area (Å²) in [6.07, 6.45) is 0. The Kier molecular flexibility index (Phi) is 7.20. The van der Waals surface area contributed by atoms with Crippen LogP contribution >= 0.6 is 0 Å². The fourth-order valence-corrected chi connectivity index (χ4v) is 9.08. The van der Waals surface area contributed by atoms with Gasteiger partial charge >= 0.3 is 0 Å². The van der Waals surface area contributed by atoms with E-state index in [1.807, 2.05) is 0 Å². The minimum Gasteiger partial charge on any atom is -0.309 e. The van der Waals surface area contributed by atoms with E-state index in [1.165, 1.54) is 65.2 Å². The largest absolute Gasteiger partial charge is 0.309 e. The fourth-order valence-electron chi connectivity index (χ4n) is 9.08. The molecule has 0 unspecified atom stereocenters. The van der Waals surface area contributed by atoms with Crippen molar-refractivity contribution in [1.29, 1.82) is 0 Å². The smallest absolute Gasteiger partial charge is 0.160 e. The number of fused-ring (bicyclic) bond motifs is 8. The van der Waals surface area contributed by atoms with Crippen LogP contribution in [0.5, 0.6) is 0 Å². The molecule has 4 nitrogen and oxygen atoms in total. The van der Waals surface area contributed by atoms with Crippen molar-refractivity contribution in [2.24, 2.45) is 0 Å². The third-order valence-electron chi connectivity index (χ3n) is 11.7. The number of hydrogen-bond donors (Lipinski definition) is 0. The van der Waals surface area contributed by atoms with Gasteiger partial charge in [0.15, 0.2) is 5.82 Å². The van der Waals surface area contributed by atoms with Crippen LogP contribution in [0.1, 0.15) is 0 Å². The van der Waals surface area contributed by atoms with E-state index in [2.05, 4.69) is 215 Å². The van der Waals surface area contributed by atoms with Gasteiger partial charge in [-0.3, -0.25) is 0 Å². The van der Waals surface area contributed by atoms with Crippen LogP contribution in [0.15, 0.2) is 206 Å². The molecule has 12 aromatic rings. The van der Waals surface area contributed by atoms with Gasteiger partial charge in [-0.1, -0.05) is 133 Å². The van der Waals surface area contributed by atoms with Crippen molar-refractivity contribution in [3.05, 3.63) is 206 Å². The van der Waals surface area contributed by atoms with Gasteiger partial charge < -0.3 is 9.13 Å². The summed E-state index contributed by atoms with van der Waals surface area (Å²) in [6.45, 7) is 0. The first-order valence-electron chi connectivity index (χ1n) is 19.7. The molecule has 0 saturated carbocycles. The Labute approximate surface area is 334 Å². The van der Waals surface area contributed by atoms with E-state index in [0.29, 0.717) is 5.82 Å². The fraction of sp³-hybridized carbons (Fsp3) is 0. The Balaban J connectivity index is 1.04. The molecule has 0 fully saturated rings. The molecule has 0 aliphatic heterocycles. The number of aromatic nitrogens is 4. The maximum atomic E-state index is 5.40. The molecule has 12 rings (SSSR count). The molecule has 0 bridgehead atoms. The highest BCUT2D eigenvalue weighted by molar-refractivity contribution is 6.13. The van der Waals surface area contributed by atoms with Crippen molar-refractivity contribution in [2.45, 2.75) is 0 Å². The van der Waals surface area contributed by atoms with Crippen molar-refractivity contribution in [2.75, 3.05) is 0 Å². The van der Waals surface area contributed by atoms with Crippen LogP contribution in [0.25, 0.3) is 110 Å². The lowest BCUT2D eigenvalue weighted by molar-refractivity contribution is 1.16. The SMILES string of the molecule is c1ccc2c(-c3cc(-c4ccc(-n5c6ccccc6c6ccccc65)cc4)nc(-c4ccc(-n5c6ccccc6c6ccccc65)cc4)n3)c3ccccc3cc2c1. The Bertz CT molecular complexity index is 3220. The van der Waals surface area contributed by atoms with E-state index >= 15 is 0 Å². The van der Waals surface area contributed by atoms with Crippen molar-refractivity contribution in [3.8, 4) is 45.3 Å². The van der Waals surface area contributed by atoms with Gasteiger partial charge in [-0.15, -0.1) is 0 Å². The predicted molar refractivity (Wildman–Crippen MR) is 242 cm³/mol. The van der Waals surface area contributed by atoms with Gasteiger partial charge in [0.25, 0.3) is 0 Å². The molecule has 9 aromatic carbocycles. The number of benzene rings is 9. The maximum absolute atomic E-state index is 5.40. The average Bonchev–Trinajstić information content (AvgIpc) is 3.81. The highest BCUT2D eigenvalue weighted by Crippen LogP contribution is 2.39. The van der Waals surface area contributed by atoms with Crippen molar-refractivity contribution in [3.63, 3.8) is 0 Å². The van der Waals surface area contributed by atoms with Crippen molar-refractivity contribution >= 4 is 65.2 Å². The molecule has 58 heavy (non-hydrogen) atoms. The molecule has 3 heterocycles. The molecule has 0 spiro atoms. The molecule has 0 atom stereocenters. The van der Waals surface area contributed by atoms with Gasteiger partial charge in [-0.25, -0.2) is 9.97 Å². The van der Waals surface area contributed by atoms with Crippen LogP contribution in [-0.4, -0.2) is 19.1 Å². The second-order valence-electron chi connectivity index (χ2n) is 15.0. The highest BCUT2D eigenvalue weighted by Gasteiger charge is 2.18. The first kappa shape index (κ1) is 32.4. The Morgan fingerprint density at radius 1 is 0.293 bits per heavy atom. The van der Waals surface area contributed by atoms with E-state index in [1.54, 1.807) is 0 Å². The van der Waals surface area contributed by atoms with Crippen LogP contribution in [0.4, 0.5) is 0 Å². The normalized spacial score (nSPS) is 11.8. The Morgan fingerprint density at radius 3 is 1.10 bits per heavy atom. The van der Waals surface area contributed by atoms with Crippen LogP contribution in [0, 0.1) is 0 Å². The summed E-state index contributed by atoms with van der Waals surface area (Å²) in [6, 6.07) is 73.7. The Morgan fingerprint density at radius 2 is 0.655 bits per heavy atom. The number of rotatable bonds is 5. The van der Waals surface area contributed by atoms with E-state index < -0.39 is 0 Å². The third kappa shape index (κ3) is 5.02. The molecule has 0 aliphatic rings. The highest BCUT2D eigenvalue weighted by atomic mass is 15.0. The molecule has 0 radical (unpaired) electrons. The average molecular weight is 739 g/mol. The van der Waals surface area contributed by atoms with Crippen LogP contribution in [0.2, 0.25) is 0 Å². The molecule has 4 heteroatoms. The van der Waals surface area contributed by atoms with Gasteiger partial charge in [0.2, 0.25) is 0 Å². The lowest BCUT2D eigenvalue weighted by atomic mass is 9.94. The van der Waals surface area contributed by atoms with E-state index in [0.717, 1.165) is 39.5 Å². The van der Waals surface area contributed by atoms with Gasteiger partial charge in [0.1, 0.15) is 0 Å².